The fourth-order valence-electron chi connectivity index (χ4n) is 1.24. The molecule has 0 aliphatic heterocycles. The highest BCUT2D eigenvalue weighted by Crippen LogP contribution is 2.21. The van der Waals surface area contributed by atoms with Crippen molar-refractivity contribution < 1.29 is 18.0 Å². The maximum atomic E-state index is 11.9. The number of carbonyl (C=O) groups is 1. The molecule has 8 heteroatoms. The number of anilines is 2. The minimum absolute atomic E-state index is 0.00233. The average Bonchev–Trinajstić information content (AvgIpc) is 2.24. The molecule has 0 unspecified atom stereocenters. The van der Waals surface area contributed by atoms with Crippen LogP contribution in [0.5, 0.6) is 0 Å². The molecule has 1 aromatic heterocycles. The Balaban J connectivity index is 2.56. The maximum Gasteiger partial charge on any atom is 0.389 e. The lowest BCUT2D eigenvalue weighted by atomic mass is 10.3. The van der Waals surface area contributed by atoms with Crippen molar-refractivity contribution in [2.45, 2.75) is 19.0 Å². The van der Waals surface area contributed by atoms with Crippen molar-refractivity contribution in [2.75, 3.05) is 17.6 Å². The number of alkyl halides is 3. The molecule has 5 N–H and O–H groups in total. The first kappa shape index (κ1) is 14.1. The third kappa shape index (κ3) is 4.48. The summed E-state index contributed by atoms with van der Waals surface area (Å²) in [5.41, 5.74) is 10.8. The first-order chi connectivity index (χ1) is 8.29. The molecule has 0 bridgehead atoms. The molecular weight excluding hydrogens is 249 g/mol. The number of hydrogen-bond donors (Lipinski definition) is 3. The molecule has 1 heterocycles. The van der Waals surface area contributed by atoms with Gasteiger partial charge in [-0.25, -0.2) is 4.98 Å². The molecule has 18 heavy (non-hydrogen) atoms. The van der Waals surface area contributed by atoms with Crippen LogP contribution in [0.3, 0.4) is 0 Å². The molecule has 0 atom stereocenters. The van der Waals surface area contributed by atoms with E-state index in [2.05, 4.69) is 10.3 Å². The molecule has 0 aromatic carbocycles. The number of rotatable bonds is 5. The van der Waals surface area contributed by atoms with Crippen LogP contribution in [0.15, 0.2) is 12.1 Å². The van der Waals surface area contributed by atoms with Crippen LogP contribution in [-0.4, -0.2) is 23.6 Å². The molecule has 0 saturated carbocycles. The first-order valence-corrected chi connectivity index (χ1v) is 5.16. The summed E-state index contributed by atoms with van der Waals surface area (Å²) in [6, 6.07) is 2.76. The van der Waals surface area contributed by atoms with Crippen molar-refractivity contribution in [3.63, 3.8) is 0 Å². The van der Waals surface area contributed by atoms with Gasteiger partial charge >= 0.3 is 6.18 Å². The Bertz CT molecular complexity index is 434. The number of nitrogens with one attached hydrogen (secondary N) is 1. The molecule has 0 saturated heterocycles. The quantitative estimate of drug-likeness (QED) is 0.701. The number of nitrogen functional groups attached to an aromatic ring is 1. The van der Waals surface area contributed by atoms with Gasteiger partial charge in [-0.05, 0) is 18.6 Å². The van der Waals surface area contributed by atoms with Gasteiger partial charge in [0.05, 0.1) is 5.69 Å². The molecule has 1 aromatic rings. The topological polar surface area (TPSA) is 94.0 Å². The van der Waals surface area contributed by atoms with Crippen molar-refractivity contribution in [3.8, 4) is 0 Å². The number of halogens is 3. The molecule has 0 spiro atoms. The lowest BCUT2D eigenvalue weighted by Gasteiger charge is -2.10. The Labute approximate surface area is 101 Å². The van der Waals surface area contributed by atoms with Gasteiger partial charge in [0.1, 0.15) is 11.5 Å². The fourth-order valence-corrected chi connectivity index (χ4v) is 1.24. The lowest BCUT2D eigenvalue weighted by Crippen LogP contribution is -2.16. The van der Waals surface area contributed by atoms with Gasteiger partial charge in [-0.3, -0.25) is 4.79 Å². The van der Waals surface area contributed by atoms with Crippen LogP contribution < -0.4 is 16.8 Å². The van der Waals surface area contributed by atoms with E-state index in [9.17, 15) is 18.0 Å². The van der Waals surface area contributed by atoms with Crippen molar-refractivity contribution in [1.29, 1.82) is 0 Å². The minimum atomic E-state index is -4.18. The van der Waals surface area contributed by atoms with Gasteiger partial charge in [-0.1, -0.05) is 0 Å². The minimum Gasteiger partial charge on any atom is -0.396 e. The molecule has 0 aliphatic carbocycles. The number of carbonyl (C=O) groups excluding carboxylic acids is 1. The van der Waals surface area contributed by atoms with Crippen molar-refractivity contribution in [3.05, 3.63) is 17.8 Å². The number of amides is 1. The largest absolute Gasteiger partial charge is 0.396 e. The number of pyridine rings is 1. The van der Waals surface area contributed by atoms with Crippen molar-refractivity contribution in [1.82, 2.24) is 4.98 Å². The second kappa shape index (κ2) is 5.56. The maximum absolute atomic E-state index is 11.9. The molecule has 5 nitrogen and oxygen atoms in total. The summed E-state index contributed by atoms with van der Waals surface area (Å²) in [5.74, 6) is -0.568. The van der Waals surface area contributed by atoms with Gasteiger partial charge in [0.15, 0.2) is 0 Å². The SMILES string of the molecule is NC(=O)c1ccc(N)c(NCCCC(F)(F)F)n1. The first-order valence-electron chi connectivity index (χ1n) is 5.16. The van der Waals surface area contributed by atoms with E-state index in [1.165, 1.54) is 12.1 Å². The Kier molecular flexibility index (Phi) is 4.35. The monoisotopic (exact) mass is 262 g/mol. The smallest absolute Gasteiger partial charge is 0.389 e. The fraction of sp³-hybridized carbons (Fsp3) is 0.400. The van der Waals surface area contributed by atoms with Crippen LogP contribution in [0, 0.1) is 0 Å². The van der Waals surface area contributed by atoms with E-state index < -0.39 is 18.5 Å². The summed E-state index contributed by atoms with van der Waals surface area (Å²) in [6.45, 7) is 0.0545. The van der Waals surface area contributed by atoms with E-state index in [1.54, 1.807) is 0 Å². The molecule has 0 aliphatic rings. The molecular formula is C10H13F3N4O. The van der Waals surface area contributed by atoms with Gasteiger partial charge in [0.25, 0.3) is 5.91 Å². The number of aromatic nitrogens is 1. The standard InChI is InChI=1S/C10H13F3N4O/c11-10(12,13)4-1-5-16-9-6(14)2-3-7(17-9)8(15)18/h2-3H,1,4-5,14H2,(H2,15,18)(H,16,17). The van der Waals surface area contributed by atoms with E-state index in [1.807, 2.05) is 0 Å². The van der Waals surface area contributed by atoms with Gasteiger partial charge in [0.2, 0.25) is 0 Å². The zero-order valence-corrected chi connectivity index (χ0v) is 9.42. The Morgan fingerprint density at radius 3 is 2.61 bits per heavy atom. The molecule has 0 radical (unpaired) electrons. The highest BCUT2D eigenvalue weighted by Gasteiger charge is 2.25. The Hall–Kier alpha value is -1.99. The number of hydrogen-bond acceptors (Lipinski definition) is 4. The summed E-state index contributed by atoms with van der Waals surface area (Å²) in [5, 5.41) is 2.64. The summed E-state index contributed by atoms with van der Waals surface area (Å²) in [7, 11) is 0. The van der Waals surface area contributed by atoms with E-state index in [4.69, 9.17) is 11.5 Å². The molecule has 0 fully saturated rings. The van der Waals surface area contributed by atoms with E-state index >= 15 is 0 Å². The predicted molar refractivity (Wildman–Crippen MR) is 60.9 cm³/mol. The molecule has 1 rings (SSSR count). The van der Waals surface area contributed by atoms with E-state index in [-0.39, 0.29) is 30.2 Å². The van der Waals surface area contributed by atoms with Gasteiger partial charge in [-0.15, -0.1) is 0 Å². The van der Waals surface area contributed by atoms with Crippen LogP contribution in [0.4, 0.5) is 24.7 Å². The van der Waals surface area contributed by atoms with Crippen LogP contribution in [0.25, 0.3) is 0 Å². The van der Waals surface area contributed by atoms with Gasteiger partial charge in [-0.2, -0.15) is 13.2 Å². The van der Waals surface area contributed by atoms with Gasteiger partial charge in [0, 0.05) is 13.0 Å². The third-order valence-electron chi connectivity index (χ3n) is 2.11. The number of nitrogens with two attached hydrogens (primary N) is 2. The van der Waals surface area contributed by atoms with E-state index in [0.717, 1.165) is 0 Å². The van der Waals surface area contributed by atoms with Crippen LogP contribution in [0.1, 0.15) is 23.3 Å². The molecule has 1 amide bonds. The third-order valence-corrected chi connectivity index (χ3v) is 2.11. The van der Waals surface area contributed by atoms with Crippen molar-refractivity contribution >= 4 is 17.4 Å². The predicted octanol–water partition coefficient (Wildman–Crippen LogP) is 1.52. The van der Waals surface area contributed by atoms with Gasteiger partial charge < -0.3 is 16.8 Å². The highest BCUT2D eigenvalue weighted by atomic mass is 19.4. The summed E-state index contributed by atoms with van der Waals surface area (Å²) in [4.78, 5) is 14.7. The van der Waals surface area contributed by atoms with Crippen LogP contribution in [-0.2, 0) is 0 Å². The second-order valence-corrected chi connectivity index (χ2v) is 3.64. The number of primary amides is 1. The normalized spacial score (nSPS) is 11.3. The summed E-state index contributed by atoms with van der Waals surface area (Å²) < 4.78 is 35.7. The van der Waals surface area contributed by atoms with Crippen LogP contribution in [0.2, 0.25) is 0 Å². The highest BCUT2D eigenvalue weighted by molar-refractivity contribution is 5.91. The number of nitrogens with zero attached hydrogens (tertiary/aromatic N) is 1. The van der Waals surface area contributed by atoms with E-state index in [0.29, 0.717) is 0 Å². The zero-order chi connectivity index (χ0) is 13.8. The molecule has 100 valence electrons. The Morgan fingerprint density at radius 1 is 1.39 bits per heavy atom. The average molecular weight is 262 g/mol. The Morgan fingerprint density at radius 2 is 2.06 bits per heavy atom. The second-order valence-electron chi connectivity index (χ2n) is 3.64. The lowest BCUT2D eigenvalue weighted by molar-refractivity contribution is -0.134. The van der Waals surface area contributed by atoms with Crippen molar-refractivity contribution in [2.24, 2.45) is 5.73 Å². The summed E-state index contributed by atoms with van der Waals surface area (Å²) in [6.07, 6.45) is -5.18. The summed E-state index contributed by atoms with van der Waals surface area (Å²) >= 11 is 0. The zero-order valence-electron chi connectivity index (χ0n) is 9.42. The van der Waals surface area contributed by atoms with Crippen LogP contribution >= 0.6 is 0 Å².